The van der Waals surface area contributed by atoms with Crippen LogP contribution in [0, 0.1) is 0 Å². The summed E-state index contributed by atoms with van der Waals surface area (Å²) in [6.45, 7) is 1.87. The van der Waals surface area contributed by atoms with E-state index in [1.165, 1.54) is 0 Å². The first-order chi connectivity index (χ1) is 7.03. The zero-order chi connectivity index (χ0) is 11.3. The lowest BCUT2D eigenvalue weighted by Gasteiger charge is -2.23. The number of hydrogen-bond donors (Lipinski definition) is 3. The van der Waals surface area contributed by atoms with Gasteiger partial charge in [0.15, 0.2) is 0 Å². The molecule has 0 amide bonds. The van der Waals surface area contributed by atoms with E-state index in [1.807, 2.05) is 0 Å². The molecule has 0 bridgehead atoms. The summed E-state index contributed by atoms with van der Waals surface area (Å²) < 4.78 is 15.0. The molecule has 1 aliphatic rings. The van der Waals surface area contributed by atoms with Crippen LogP contribution in [0.25, 0.3) is 0 Å². The standard InChI is InChI=1S/C8H18NO5P/c10-6-2-5-9-4-1-3-8(9)7-14-15(11,12)13/h8,10H,1-7H2,(H2,11,12,13)/t8-/m0/s1. The monoisotopic (exact) mass is 239 g/mol. The lowest BCUT2D eigenvalue weighted by atomic mass is 10.2. The summed E-state index contributed by atoms with van der Waals surface area (Å²) in [7, 11) is -4.35. The summed E-state index contributed by atoms with van der Waals surface area (Å²) in [6.07, 6.45) is 2.60. The molecule has 0 aromatic heterocycles. The van der Waals surface area contributed by atoms with E-state index in [1.54, 1.807) is 0 Å². The normalized spacial score (nSPS) is 23.5. The molecule has 0 aromatic carbocycles. The van der Waals surface area contributed by atoms with Gasteiger partial charge in [-0.3, -0.25) is 9.42 Å². The highest BCUT2D eigenvalue weighted by Gasteiger charge is 2.26. The van der Waals surface area contributed by atoms with Crippen LogP contribution in [-0.4, -0.2) is 52.1 Å². The summed E-state index contributed by atoms with van der Waals surface area (Å²) in [5.74, 6) is 0. The molecule has 1 aliphatic heterocycles. The van der Waals surface area contributed by atoms with Crippen molar-refractivity contribution in [3.8, 4) is 0 Å². The highest BCUT2D eigenvalue weighted by atomic mass is 31.2. The second kappa shape index (κ2) is 5.94. The zero-order valence-electron chi connectivity index (χ0n) is 8.58. The van der Waals surface area contributed by atoms with Gasteiger partial charge >= 0.3 is 7.82 Å². The molecule has 0 aliphatic carbocycles. The molecule has 90 valence electrons. The number of nitrogens with zero attached hydrogens (tertiary/aromatic N) is 1. The van der Waals surface area contributed by atoms with Crippen molar-refractivity contribution in [3.63, 3.8) is 0 Å². The molecule has 15 heavy (non-hydrogen) atoms. The van der Waals surface area contributed by atoms with E-state index in [2.05, 4.69) is 9.42 Å². The van der Waals surface area contributed by atoms with Gasteiger partial charge in [-0.2, -0.15) is 0 Å². The molecular formula is C8H18NO5P. The Bertz CT molecular complexity index is 231. The van der Waals surface area contributed by atoms with Gasteiger partial charge in [-0.15, -0.1) is 0 Å². The van der Waals surface area contributed by atoms with Gasteiger partial charge in [0.25, 0.3) is 0 Å². The van der Waals surface area contributed by atoms with Crippen molar-refractivity contribution in [2.24, 2.45) is 0 Å². The van der Waals surface area contributed by atoms with Crippen molar-refractivity contribution < 1.29 is 24.0 Å². The van der Waals surface area contributed by atoms with Gasteiger partial charge in [0.05, 0.1) is 6.61 Å². The molecule has 0 spiro atoms. The van der Waals surface area contributed by atoms with E-state index in [9.17, 15) is 4.57 Å². The van der Waals surface area contributed by atoms with Crippen LogP contribution in [0.1, 0.15) is 19.3 Å². The molecule has 1 rings (SSSR count). The minimum atomic E-state index is -4.35. The number of hydrogen-bond acceptors (Lipinski definition) is 4. The quantitative estimate of drug-likeness (QED) is 0.563. The van der Waals surface area contributed by atoms with E-state index in [4.69, 9.17) is 14.9 Å². The lowest BCUT2D eigenvalue weighted by Crippen LogP contribution is -2.34. The minimum Gasteiger partial charge on any atom is -0.396 e. The van der Waals surface area contributed by atoms with E-state index in [0.717, 1.165) is 25.9 Å². The van der Waals surface area contributed by atoms with Crippen molar-refractivity contribution in [2.45, 2.75) is 25.3 Å². The fraction of sp³-hybridized carbons (Fsp3) is 1.00. The van der Waals surface area contributed by atoms with Gasteiger partial charge < -0.3 is 14.9 Å². The summed E-state index contributed by atoms with van der Waals surface area (Å²) in [4.78, 5) is 19.2. The Balaban J connectivity index is 2.30. The first-order valence-electron chi connectivity index (χ1n) is 5.08. The molecule has 0 aromatic rings. The fourth-order valence-electron chi connectivity index (χ4n) is 1.84. The predicted molar refractivity (Wildman–Crippen MR) is 54.3 cm³/mol. The number of phosphoric acid groups is 1. The Hall–Kier alpha value is 0.0300. The van der Waals surface area contributed by atoms with E-state index in [0.29, 0.717) is 6.42 Å². The average Bonchev–Trinajstić information content (AvgIpc) is 2.57. The number of aliphatic hydroxyl groups is 1. The van der Waals surface area contributed by atoms with Crippen LogP contribution in [0.4, 0.5) is 0 Å². The van der Waals surface area contributed by atoms with Gasteiger partial charge in [0.1, 0.15) is 0 Å². The van der Waals surface area contributed by atoms with Crippen LogP contribution in [0.3, 0.4) is 0 Å². The Morgan fingerprint density at radius 2 is 2.20 bits per heavy atom. The maximum atomic E-state index is 10.5. The smallest absolute Gasteiger partial charge is 0.396 e. The molecule has 1 atom stereocenters. The number of likely N-dealkylation sites (tertiary alicyclic amines) is 1. The largest absolute Gasteiger partial charge is 0.469 e. The second-order valence-corrected chi connectivity index (χ2v) is 4.93. The van der Waals surface area contributed by atoms with Gasteiger partial charge in [-0.05, 0) is 25.8 Å². The summed E-state index contributed by atoms with van der Waals surface area (Å²) >= 11 is 0. The highest BCUT2D eigenvalue weighted by Crippen LogP contribution is 2.36. The summed E-state index contributed by atoms with van der Waals surface area (Å²) in [6, 6.07) is 0.0733. The molecule has 7 heteroatoms. The molecule has 0 radical (unpaired) electrons. The van der Waals surface area contributed by atoms with Gasteiger partial charge in [-0.25, -0.2) is 4.57 Å². The average molecular weight is 239 g/mol. The number of aliphatic hydroxyl groups excluding tert-OH is 1. The Morgan fingerprint density at radius 1 is 1.47 bits per heavy atom. The Morgan fingerprint density at radius 3 is 2.80 bits per heavy atom. The number of rotatable bonds is 6. The van der Waals surface area contributed by atoms with Crippen LogP contribution < -0.4 is 0 Å². The molecule has 0 saturated carbocycles. The van der Waals surface area contributed by atoms with Crippen LogP contribution in [0.2, 0.25) is 0 Å². The van der Waals surface area contributed by atoms with Crippen LogP contribution >= 0.6 is 7.82 Å². The molecule has 1 saturated heterocycles. The van der Waals surface area contributed by atoms with Gasteiger partial charge in [0.2, 0.25) is 0 Å². The molecule has 0 unspecified atom stereocenters. The molecule has 3 N–H and O–H groups in total. The SMILES string of the molecule is O=P(O)(O)OC[C@@H]1CCCN1CCCO. The zero-order valence-corrected chi connectivity index (χ0v) is 9.47. The first kappa shape index (κ1) is 13.1. The Kier molecular flexibility index (Phi) is 5.18. The van der Waals surface area contributed by atoms with Crippen molar-refractivity contribution in [2.75, 3.05) is 26.3 Å². The van der Waals surface area contributed by atoms with E-state index >= 15 is 0 Å². The van der Waals surface area contributed by atoms with Gasteiger partial charge in [-0.1, -0.05) is 0 Å². The van der Waals surface area contributed by atoms with E-state index < -0.39 is 7.82 Å². The summed E-state index contributed by atoms with van der Waals surface area (Å²) in [5.41, 5.74) is 0. The topological polar surface area (TPSA) is 90.2 Å². The molecular weight excluding hydrogens is 221 g/mol. The third-order valence-corrected chi connectivity index (χ3v) is 3.02. The van der Waals surface area contributed by atoms with Crippen molar-refractivity contribution in [1.29, 1.82) is 0 Å². The maximum absolute atomic E-state index is 10.5. The number of phosphoric ester groups is 1. The van der Waals surface area contributed by atoms with Gasteiger partial charge in [0, 0.05) is 19.2 Å². The predicted octanol–water partition coefficient (Wildman–Crippen LogP) is -0.0575. The summed E-state index contributed by atoms with van der Waals surface area (Å²) in [5, 5.41) is 8.69. The van der Waals surface area contributed by atoms with Crippen LogP contribution in [0.5, 0.6) is 0 Å². The third-order valence-electron chi connectivity index (χ3n) is 2.54. The minimum absolute atomic E-state index is 0.0652. The maximum Gasteiger partial charge on any atom is 0.469 e. The highest BCUT2D eigenvalue weighted by molar-refractivity contribution is 7.46. The molecule has 1 heterocycles. The lowest BCUT2D eigenvalue weighted by molar-refractivity contribution is 0.128. The Labute approximate surface area is 89.1 Å². The van der Waals surface area contributed by atoms with Crippen molar-refractivity contribution in [1.82, 2.24) is 4.90 Å². The second-order valence-electron chi connectivity index (χ2n) is 3.70. The molecule has 6 nitrogen and oxygen atoms in total. The van der Waals surface area contributed by atoms with E-state index in [-0.39, 0.29) is 19.3 Å². The van der Waals surface area contributed by atoms with Crippen molar-refractivity contribution in [3.05, 3.63) is 0 Å². The third kappa shape index (κ3) is 5.06. The fourth-order valence-corrected chi connectivity index (χ4v) is 2.20. The first-order valence-corrected chi connectivity index (χ1v) is 6.61. The molecule has 1 fully saturated rings. The van der Waals surface area contributed by atoms with Crippen molar-refractivity contribution >= 4 is 7.82 Å². The van der Waals surface area contributed by atoms with Crippen LogP contribution in [-0.2, 0) is 9.09 Å². The van der Waals surface area contributed by atoms with Crippen LogP contribution in [0.15, 0.2) is 0 Å².